The molecule has 2 aliphatic heterocycles. The third-order valence-corrected chi connectivity index (χ3v) is 5.43. The first-order valence-electron chi connectivity index (χ1n) is 9.53. The third-order valence-electron chi connectivity index (χ3n) is 5.43. The van der Waals surface area contributed by atoms with E-state index in [1.807, 2.05) is 18.3 Å². The molecule has 0 bridgehead atoms. The zero-order chi connectivity index (χ0) is 19.1. The van der Waals surface area contributed by atoms with Gasteiger partial charge in [0.25, 0.3) is 0 Å². The van der Waals surface area contributed by atoms with Crippen molar-refractivity contribution in [2.75, 3.05) is 32.0 Å². The van der Waals surface area contributed by atoms with Crippen molar-refractivity contribution in [1.82, 2.24) is 9.88 Å². The van der Waals surface area contributed by atoms with Gasteiger partial charge in [-0.1, -0.05) is 6.08 Å². The summed E-state index contributed by atoms with van der Waals surface area (Å²) in [7, 11) is 0. The number of benzene rings is 2. The van der Waals surface area contributed by atoms with E-state index in [2.05, 4.69) is 16.0 Å². The highest BCUT2D eigenvalue weighted by Gasteiger charge is 2.25. The van der Waals surface area contributed by atoms with Gasteiger partial charge in [-0.15, -0.1) is 0 Å². The molecule has 0 amide bonds. The summed E-state index contributed by atoms with van der Waals surface area (Å²) in [6, 6.07) is 10.4. The predicted molar refractivity (Wildman–Crippen MR) is 108 cm³/mol. The topological polar surface area (TPSA) is 63.5 Å². The molecular formula is C22H22FN3O2. The van der Waals surface area contributed by atoms with Crippen LogP contribution in [0.25, 0.3) is 16.5 Å². The quantitative estimate of drug-likeness (QED) is 0.679. The molecule has 144 valence electrons. The van der Waals surface area contributed by atoms with Gasteiger partial charge in [0.2, 0.25) is 0 Å². The number of hydrogen-bond donors (Lipinski definition) is 2. The number of halogens is 1. The number of nitrogens with two attached hydrogens (primary N) is 1. The lowest BCUT2D eigenvalue weighted by molar-refractivity contribution is 0.0616. The van der Waals surface area contributed by atoms with Crippen molar-refractivity contribution in [3.05, 3.63) is 60.1 Å². The fraction of sp³-hybridized carbons (Fsp3) is 0.273. The lowest BCUT2D eigenvalue weighted by Crippen LogP contribution is -2.42. The number of nitrogens with zero attached hydrogens (tertiary/aromatic N) is 1. The second-order valence-electron chi connectivity index (χ2n) is 7.39. The highest BCUT2D eigenvalue weighted by atomic mass is 19.1. The van der Waals surface area contributed by atoms with Gasteiger partial charge < -0.3 is 20.2 Å². The van der Waals surface area contributed by atoms with Crippen molar-refractivity contribution in [2.24, 2.45) is 0 Å². The minimum absolute atomic E-state index is 0.00624. The van der Waals surface area contributed by atoms with Crippen molar-refractivity contribution in [2.45, 2.75) is 12.5 Å². The number of aromatic amines is 1. The van der Waals surface area contributed by atoms with E-state index in [0.29, 0.717) is 18.0 Å². The number of hydrogen-bond acceptors (Lipinski definition) is 4. The molecule has 3 heterocycles. The SMILES string of the molecule is Nc1ccc2c(c1)OCC(CN1CC=C(c3c[nH]c4ccc(F)cc34)CC1)O2. The summed E-state index contributed by atoms with van der Waals surface area (Å²) in [5.74, 6) is 1.26. The smallest absolute Gasteiger partial charge is 0.163 e. The van der Waals surface area contributed by atoms with Gasteiger partial charge >= 0.3 is 0 Å². The Balaban J connectivity index is 1.26. The molecule has 0 fully saturated rings. The summed E-state index contributed by atoms with van der Waals surface area (Å²) < 4.78 is 25.5. The van der Waals surface area contributed by atoms with Crippen LogP contribution in [0.2, 0.25) is 0 Å². The largest absolute Gasteiger partial charge is 0.486 e. The number of ether oxygens (including phenoxy) is 2. The Morgan fingerprint density at radius 2 is 2.11 bits per heavy atom. The number of nitrogen functional groups attached to an aromatic ring is 1. The van der Waals surface area contributed by atoms with Crippen LogP contribution in [0.15, 0.2) is 48.7 Å². The van der Waals surface area contributed by atoms with E-state index in [-0.39, 0.29) is 11.9 Å². The summed E-state index contributed by atoms with van der Waals surface area (Å²) in [6.45, 7) is 3.09. The maximum atomic E-state index is 13.6. The number of rotatable bonds is 3. The third kappa shape index (κ3) is 3.20. The number of anilines is 1. The van der Waals surface area contributed by atoms with Gasteiger partial charge in [0.1, 0.15) is 18.5 Å². The zero-order valence-corrected chi connectivity index (χ0v) is 15.5. The molecule has 2 aromatic carbocycles. The molecule has 3 N–H and O–H groups in total. The molecule has 1 atom stereocenters. The van der Waals surface area contributed by atoms with Crippen molar-refractivity contribution < 1.29 is 13.9 Å². The Morgan fingerprint density at radius 3 is 2.96 bits per heavy atom. The molecule has 2 aliphatic rings. The maximum absolute atomic E-state index is 13.6. The average molecular weight is 379 g/mol. The predicted octanol–water partition coefficient (Wildman–Crippen LogP) is 3.82. The molecule has 3 aromatic rings. The van der Waals surface area contributed by atoms with Crippen LogP contribution in [0.3, 0.4) is 0 Å². The highest BCUT2D eigenvalue weighted by Crippen LogP contribution is 2.34. The monoisotopic (exact) mass is 379 g/mol. The number of fused-ring (bicyclic) bond motifs is 2. The minimum Gasteiger partial charge on any atom is -0.486 e. The Morgan fingerprint density at radius 1 is 1.18 bits per heavy atom. The molecule has 0 spiro atoms. The van der Waals surface area contributed by atoms with E-state index < -0.39 is 0 Å². The summed E-state index contributed by atoms with van der Waals surface area (Å²) in [6.07, 6.45) is 5.12. The van der Waals surface area contributed by atoms with Gasteiger partial charge in [0, 0.05) is 54.1 Å². The van der Waals surface area contributed by atoms with Crippen LogP contribution in [0.5, 0.6) is 11.5 Å². The normalized spacial score (nSPS) is 19.6. The van der Waals surface area contributed by atoms with Crippen LogP contribution in [0.4, 0.5) is 10.1 Å². The van der Waals surface area contributed by atoms with Gasteiger partial charge in [-0.05, 0) is 42.3 Å². The first-order valence-corrected chi connectivity index (χ1v) is 9.53. The Labute approximate surface area is 162 Å². The maximum Gasteiger partial charge on any atom is 0.163 e. The van der Waals surface area contributed by atoms with Crippen molar-refractivity contribution in [1.29, 1.82) is 0 Å². The summed E-state index contributed by atoms with van der Waals surface area (Å²) in [5, 5.41) is 0.944. The van der Waals surface area contributed by atoms with Crippen LogP contribution < -0.4 is 15.2 Å². The number of nitrogens with one attached hydrogen (secondary N) is 1. The minimum atomic E-state index is -0.206. The van der Waals surface area contributed by atoms with Gasteiger partial charge in [-0.25, -0.2) is 4.39 Å². The Bertz CT molecular complexity index is 1060. The molecule has 0 radical (unpaired) electrons. The second-order valence-corrected chi connectivity index (χ2v) is 7.39. The van der Waals surface area contributed by atoms with Gasteiger partial charge in [-0.3, -0.25) is 4.90 Å². The molecule has 5 nitrogen and oxygen atoms in total. The molecule has 0 saturated carbocycles. The van der Waals surface area contributed by atoms with Gasteiger partial charge in [0.15, 0.2) is 11.5 Å². The first-order chi connectivity index (χ1) is 13.7. The Kier molecular flexibility index (Phi) is 4.20. The van der Waals surface area contributed by atoms with Crippen LogP contribution in [0, 0.1) is 5.82 Å². The standard InChI is InChI=1S/C22H22FN3O2/c23-15-1-3-20-18(9-15)19(11-25-20)14-5-7-26(8-6-14)12-17-13-27-22-10-16(24)2-4-21(22)28-17/h1-5,9-11,17,25H,6-8,12-13,24H2. The van der Waals surface area contributed by atoms with Crippen LogP contribution >= 0.6 is 0 Å². The van der Waals surface area contributed by atoms with Crippen LogP contribution in [0.1, 0.15) is 12.0 Å². The van der Waals surface area contributed by atoms with Gasteiger partial charge in [0.05, 0.1) is 0 Å². The van der Waals surface area contributed by atoms with E-state index >= 15 is 0 Å². The van der Waals surface area contributed by atoms with Gasteiger partial charge in [-0.2, -0.15) is 0 Å². The number of H-pyrrole nitrogens is 1. The fourth-order valence-corrected chi connectivity index (χ4v) is 3.99. The lowest BCUT2D eigenvalue weighted by atomic mass is 9.98. The highest BCUT2D eigenvalue weighted by molar-refractivity contribution is 5.92. The van der Waals surface area contributed by atoms with Crippen molar-refractivity contribution >= 4 is 22.2 Å². The molecule has 1 aromatic heterocycles. The van der Waals surface area contributed by atoms with E-state index in [1.165, 1.54) is 11.6 Å². The molecule has 0 aliphatic carbocycles. The zero-order valence-electron chi connectivity index (χ0n) is 15.5. The fourth-order valence-electron chi connectivity index (χ4n) is 3.99. The van der Waals surface area contributed by atoms with E-state index in [9.17, 15) is 4.39 Å². The molecule has 6 heteroatoms. The lowest BCUT2D eigenvalue weighted by Gasteiger charge is -2.33. The summed E-state index contributed by atoms with van der Waals surface area (Å²) >= 11 is 0. The second kappa shape index (κ2) is 6.87. The first kappa shape index (κ1) is 17.1. The Hall–Kier alpha value is -2.99. The molecule has 5 rings (SSSR count). The molecule has 1 unspecified atom stereocenters. The summed E-state index contributed by atoms with van der Waals surface area (Å²) in [5.41, 5.74) is 9.78. The van der Waals surface area contributed by atoms with Crippen LogP contribution in [-0.2, 0) is 0 Å². The van der Waals surface area contributed by atoms with Crippen molar-refractivity contribution in [3.8, 4) is 11.5 Å². The molecule has 28 heavy (non-hydrogen) atoms. The van der Waals surface area contributed by atoms with Crippen LogP contribution in [-0.4, -0.2) is 42.2 Å². The summed E-state index contributed by atoms with van der Waals surface area (Å²) in [4.78, 5) is 5.59. The van der Waals surface area contributed by atoms with Crippen molar-refractivity contribution in [3.63, 3.8) is 0 Å². The van der Waals surface area contributed by atoms with E-state index in [4.69, 9.17) is 15.2 Å². The average Bonchev–Trinajstić information content (AvgIpc) is 3.12. The molecular weight excluding hydrogens is 357 g/mol. The number of aromatic nitrogens is 1. The molecule has 0 saturated heterocycles. The van der Waals surface area contributed by atoms with E-state index in [0.717, 1.165) is 48.3 Å². The van der Waals surface area contributed by atoms with E-state index in [1.54, 1.807) is 18.2 Å².